The van der Waals surface area contributed by atoms with Crippen LogP contribution in [0.1, 0.15) is 20.8 Å². The Morgan fingerprint density at radius 1 is 0.739 bits per heavy atom. The fraction of sp³-hybridized carbons (Fsp3) is 0.174. The molecule has 0 saturated heterocycles. The van der Waals surface area contributed by atoms with Crippen molar-refractivity contribution in [3.05, 3.63) is 78.1 Å². The molecule has 0 spiro atoms. The zero-order valence-corrected chi connectivity index (χ0v) is 31.4. The van der Waals surface area contributed by atoms with Crippen molar-refractivity contribution in [3.8, 4) is 0 Å². The fourth-order valence-corrected chi connectivity index (χ4v) is 6.20. The Morgan fingerprint density at radius 2 is 1.24 bits per heavy atom. The molecule has 3 aromatic rings. The minimum atomic E-state index is -4.59. The van der Waals surface area contributed by atoms with Crippen LogP contribution in [-0.2, 0) is 39.5 Å². The second-order valence-electron chi connectivity index (χ2n) is 8.40. The number of nitrogens with zero attached hydrogens (tertiary/aromatic N) is 1. The third-order valence-corrected chi connectivity index (χ3v) is 9.48. The molecule has 1 aromatic heterocycles. The molecule has 0 saturated carbocycles. The maximum absolute atomic E-state index is 12.6. The van der Waals surface area contributed by atoms with Gasteiger partial charge in [0.1, 0.15) is 5.69 Å². The van der Waals surface area contributed by atoms with Gasteiger partial charge in [0, 0.05) is 48.5 Å². The number of amides is 2. The van der Waals surface area contributed by atoms with Crippen molar-refractivity contribution in [3.63, 3.8) is 0 Å². The van der Waals surface area contributed by atoms with Gasteiger partial charge in [-0.15, -0.1) is 0 Å². The number of anilines is 2. The second kappa shape index (κ2) is 19.5. The van der Waals surface area contributed by atoms with Crippen LogP contribution in [0.3, 0.4) is 0 Å². The molecule has 4 N–H and O–H groups in total. The zero-order chi connectivity index (χ0) is 32.4. The van der Waals surface area contributed by atoms with Gasteiger partial charge < -0.3 is 20.4 Å². The molecule has 2 aromatic carbocycles. The van der Waals surface area contributed by atoms with Gasteiger partial charge in [0.2, 0.25) is 20.0 Å². The van der Waals surface area contributed by atoms with E-state index in [1.165, 1.54) is 48.5 Å². The molecule has 3 rings (SSSR count). The molecule has 0 fully saturated rings. The van der Waals surface area contributed by atoms with E-state index in [1.807, 2.05) is 4.72 Å². The molecule has 238 valence electrons. The Labute approximate surface area is 313 Å². The van der Waals surface area contributed by atoms with Crippen LogP contribution in [0, 0.1) is 0 Å². The molecular formula is C23H23N5Na2O12S4. The normalized spacial score (nSPS) is 11.5. The molecule has 23 heteroatoms. The van der Waals surface area contributed by atoms with Gasteiger partial charge in [0.25, 0.3) is 11.8 Å². The summed E-state index contributed by atoms with van der Waals surface area (Å²) in [6, 6.07) is 12.8. The van der Waals surface area contributed by atoms with Gasteiger partial charge >= 0.3 is 59.1 Å². The Morgan fingerprint density at radius 3 is 1.70 bits per heavy atom. The third-order valence-electron chi connectivity index (χ3n) is 5.30. The quantitative estimate of drug-likeness (QED) is 0.0266. The van der Waals surface area contributed by atoms with E-state index < -0.39 is 54.3 Å². The number of nitrogens with one attached hydrogen (secondary N) is 4. The summed E-state index contributed by atoms with van der Waals surface area (Å²) in [5, 5.41) is 17.9. The molecule has 0 aliphatic rings. The van der Waals surface area contributed by atoms with Crippen molar-refractivity contribution in [2.75, 3.05) is 35.2 Å². The van der Waals surface area contributed by atoms with E-state index in [1.54, 1.807) is 0 Å². The summed E-state index contributed by atoms with van der Waals surface area (Å²) >= 11 is 0.625. The van der Waals surface area contributed by atoms with Gasteiger partial charge in [-0.1, -0.05) is 0 Å². The van der Waals surface area contributed by atoms with Crippen molar-refractivity contribution in [1.29, 1.82) is 0 Å². The number of aromatic nitrogens is 1. The molecule has 0 radical (unpaired) electrons. The zero-order valence-electron chi connectivity index (χ0n) is 24.2. The number of pyridine rings is 1. The topological polar surface area (TPSA) is 262 Å². The summed E-state index contributed by atoms with van der Waals surface area (Å²) in [4.78, 5) is 28.8. The summed E-state index contributed by atoms with van der Waals surface area (Å²) in [6.45, 7) is -0.632. The first-order valence-electron chi connectivity index (χ1n) is 12.0. The number of carbonyl (C=O) groups excluding carboxylic acids is 2. The average molecular weight is 736 g/mol. The minimum Gasteiger partial charge on any atom is -0.748 e. The van der Waals surface area contributed by atoms with Crippen LogP contribution in [0.5, 0.6) is 0 Å². The van der Waals surface area contributed by atoms with Gasteiger partial charge in [0.15, 0.2) is 0 Å². The van der Waals surface area contributed by atoms with E-state index >= 15 is 0 Å². The predicted molar refractivity (Wildman–Crippen MR) is 153 cm³/mol. The van der Waals surface area contributed by atoms with Gasteiger partial charge in [-0.3, -0.25) is 19.6 Å². The van der Waals surface area contributed by atoms with Crippen LogP contribution in [0.25, 0.3) is 0 Å². The van der Waals surface area contributed by atoms with E-state index in [9.17, 15) is 44.7 Å². The molecule has 0 unspecified atom stereocenters. The number of carbonyl (C=O) groups is 2. The van der Waals surface area contributed by atoms with Gasteiger partial charge in [0.05, 0.1) is 31.2 Å². The van der Waals surface area contributed by atoms with Crippen LogP contribution in [0.2, 0.25) is 0 Å². The summed E-state index contributed by atoms with van der Waals surface area (Å²) in [5.41, 5.74) is 0.519. The minimum absolute atomic E-state index is 0. The average Bonchev–Trinajstić information content (AvgIpc) is 2.97. The van der Waals surface area contributed by atoms with E-state index in [0.717, 1.165) is 18.3 Å². The molecule has 0 bridgehead atoms. The summed E-state index contributed by atoms with van der Waals surface area (Å²) in [6.07, 6.45) is 1.15. The van der Waals surface area contributed by atoms with Gasteiger partial charge in [-0.25, -0.2) is 34.7 Å². The Hall–Kier alpha value is -1.51. The van der Waals surface area contributed by atoms with Crippen LogP contribution in [0.15, 0.2) is 76.7 Å². The maximum atomic E-state index is 12.6. The van der Waals surface area contributed by atoms with Gasteiger partial charge in [-0.05, 0) is 60.7 Å². The first-order chi connectivity index (χ1) is 20.7. The van der Waals surface area contributed by atoms with Crippen molar-refractivity contribution in [1.82, 2.24) is 14.4 Å². The first kappa shape index (κ1) is 42.5. The number of rotatable bonds is 16. The largest absolute Gasteiger partial charge is 1.00 e. The number of hydrogen-bond acceptors (Lipinski definition) is 14. The molecule has 0 atom stereocenters. The molecule has 0 aliphatic carbocycles. The first-order valence-corrected chi connectivity index (χ1v) is 17.5. The van der Waals surface area contributed by atoms with E-state index in [2.05, 4.69) is 29.7 Å². The number of benzene rings is 2. The third kappa shape index (κ3) is 13.9. The van der Waals surface area contributed by atoms with Crippen molar-refractivity contribution < 1.29 is 113 Å². The fourth-order valence-electron chi connectivity index (χ4n) is 3.23. The number of hydrogen-bond donors (Lipinski definition) is 4. The molecule has 17 nitrogen and oxygen atoms in total. The Bertz CT molecular complexity index is 1780. The van der Waals surface area contributed by atoms with E-state index in [-0.39, 0.29) is 104 Å². The van der Waals surface area contributed by atoms with Crippen molar-refractivity contribution >= 4 is 65.4 Å². The molecular weight excluding hydrogens is 713 g/mol. The van der Waals surface area contributed by atoms with Crippen LogP contribution >= 0.6 is 12.0 Å². The number of sulfonamides is 2. The SMILES string of the molecule is O=C(Nc1ccc(S(=O)(=O)NCCSOO[O-])cc1)c1ccc(C(=O)Nc2ccc(S(=O)(=O)NCCS(=O)(=O)[O-])cc2)nc1.[Na+].[Na+]. The summed E-state index contributed by atoms with van der Waals surface area (Å²) in [7, 11) is -12.5. The Kier molecular flexibility index (Phi) is 18.0. The molecule has 0 aliphatic heterocycles. The monoisotopic (exact) mass is 735 g/mol. The molecule has 2 amide bonds. The van der Waals surface area contributed by atoms with Crippen LogP contribution < -0.4 is 84.4 Å². The second-order valence-corrected chi connectivity index (χ2v) is 14.2. The molecule has 1 heterocycles. The predicted octanol–water partition coefficient (Wildman–Crippen LogP) is -6.43. The standard InChI is InChI=1S/C23H25N5O12S4.2Na/c29-22(27-17-2-6-19(7-3-17)43(35,36)25-11-13-41-40-39-31)16-1-10-21(24-15-16)23(30)28-18-4-8-20(9-5-18)44(37,38)26-12-14-42(32,33)34;;/h1-10,15,25-26,31H,11-14H2,(H,27,29)(H,28,30)(H,32,33,34);;/q;2*+1/p-2. The summed E-state index contributed by atoms with van der Waals surface area (Å²) in [5.74, 6) is -2.05. The van der Waals surface area contributed by atoms with Crippen LogP contribution in [0.4, 0.5) is 11.4 Å². The van der Waals surface area contributed by atoms with Crippen LogP contribution in [-0.4, -0.2) is 71.2 Å². The van der Waals surface area contributed by atoms with Gasteiger partial charge in [-0.2, -0.15) is 4.33 Å². The van der Waals surface area contributed by atoms with E-state index in [4.69, 9.17) is 0 Å². The van der Waals surface area contributed by atoms with Crippen molar-refractivity contribution in [2.45, 2.75) is 9.79 Å². The summed E-state index contributed by atoms with van der Waals surface area (Å²) < 4.78 is 89.3. The smallest absolute Gasteiger partial charge is 0.748 e. The van der Waals surface area contributed by atoms with E-state index in [0.29, 0.717) is 12.0 Å². The maximum Gasteiger partial charge on any atom is 1.00 e. The van der Waals surface area contributed by atoms with Crippen molar-refractivity contribution in [2.24, 2.45) is 0 Å². The Balaban J connectivity index is 0.00000529. The molecule has 46 heavy (non-hydrogen) atoms.